The Morgan fingerprint density at radius 1 is 0.611 bits per heavy atom. The molecule has 2 aliphatic rings. The Bertz CT molecular complexity index is 681. The van der Waals surface area contributed by atoms with Crippen LogP contribution in [0.1, 0.15) is 132 Å². The Kier molecular flexibility index (Phi) is 10.5. The first-order valence-corrected chi connectivity index (χ1v) is 14.4. The van der Waals surface area contributed by atoms with Gasteiger partial charge in [0.25, 0.3) is 0 Å². The molecule has 0 bridgehead atoms. The normalized spacial score (nSPS) is 27.4. The molecule has 6 nitrogen and oxygen atoms in total. The van der Waals surface area contributed by atoms with E-state index >= 15 is 0 Å². The summed E-state index contributed by atoms with van der Waals surface area (Å²) < 4.78 is 11.8. The molecule has 2 fully saturated rings. The predicted octanol–water partition coefficient (Wildman–Crippen LogP) is 6.50. The number of unbranched alkanes of at least 4 members (excludes halogenated alkanes) is 5. The van der Waals surface area contributed by atoms with Crippen LogP contribution in [0.25, 0.3) is 0 Å². The van der Waals surface area contributed by atoms with Crippen LogP contribution in [0.5, 0.6) is 0 Å². The highest BCUT2D eigenvalue weighted by molar-refractivity contribution is 5.70. The first-order valence-electron chi connectivity index (χ1n) is 14.4. The van der Waals surface area contributed by atoms with Crippen LogP contribution in [0.4, 0.5) is 0 Å². The summed E-state index contributed by atoms with van der Waals surface area (Å²) in [6.07, 6.45) is 10.8. The van der Waals surface area contributed by atoms with Crippen molar-refractivity contribution in [3.05, 3.63) is 0 Å². The maximum absolute atomic E-state index is 12.4. The van der Waals surface area contributed by atoms with Crippen molar-refractivity contribution in [2.75, 3.05) is 14.1 Å². The highest BCUT2D eigenvalue weighted by atomic mass is 16.5. The molecule has 2 unspecified atom stereocenters. The second-order valence-electron chi connectivity index (χ2n) is 13.7. The van der Waals surface area contributed by atoms with Crippen LogP contribution < -0.4 is 0 Å². The van der Waals surface area contributed by atoms with Crippen molar-refractivity contribution in [1.82, 2.24) is 9.80 Å². The summed E-state index contributed by atoms with van der Waals surface area (Å²) in [5.41, 5.74) is -0.0529. The summed E-state index contributed by atoms with van der Waals surface area (Å²) >= 11 is 0. The second-order valence-corrected chi connectivity index (χ2v) is 13.7. The van der Waals surface area contributed by atoms with Gasteiger partial charge in [0.05, 0.1) is 11.1 Å². The Morgan fingerprint density at radius 3 is 1.25 bits per heavy atom. The van der Waals surface area contributed by atoms with Crippen molar-refractivity contribution < 1.29 is 19.1 Å². The van der Waals surface area contributed by atoms with E-state index in [2.05, 4.69) is 79.3 Å². The van der Waals surface area contributed by atoms with Crippen LogP contribution in [-0.4, -0.2) is 70.2 Å². The van der Waals surface area contributed by atoms with E-state index in [1.807, 2.05) is 0 Å². The zero-order valence-corrected chi connectivity index (χ0v) is 25.2. The molecule has 2 aliphatic heterocycles. The molecular weight excluding hydrogens is 452 g/mol. The van der Waals surface area contributed by atoms with Gasteiger partial charge in [-0.15, -0.1) is 0 Å². The van der Waals surface area contributed by atoms with Crippen molar-refractivity contribution in [3.63, 3.8) is 0 Å². The van der Waals surface area contributed by atoms with E-state index in [0.29, 0.717) is 12.8 Å². The summed E-state index contributed by atoms with van der Waals surface area (Å²) in [4.78, 5) is 29.6. The zero-order valence-electron chi connectivity index (χ0n) is 25.2. The second kappa shape index (κ2) is 12.1. The molecule has 2 saturated heterocycles. The van der Waals surface area contributed by atoms with Gasteiger partial charge in [0.15, 0.2) is 0 Å². The molecule has 0 aromatic carbocycles. The standard InChI is InChI=1S/C30H56N2O4/c1-27(2)21-19-23(29(5,6)31(27)9)35-25(33)17-15-13-11-12-14-16-18-26(34)36-24-20-22-28(3,4)32(10)30(24,7)8/h23-24H,11-22H2,1-10H3. The minimum atomic E-state index is -0.155. The molecule has 0 radical (unpaired) electrons. The molecule has 0 aromatic rings. The Hall–Kier alpha value is -1.14. The summed E-state index contributed by atoms with van der Waals surface area (Å²) in [6.45, 7) is 17.7. The average Bonchev–Trinajstić information content (AvgIpc) is 2.77. The smallest absolute Gasteiger partial charge is 0.306 e. The number of nitrogens with zero attached hydrogens (tertiary/aromatic N) is 2. The maximum Gasteiger partial charge on any atom is 0.306 e. The number of likely N-dealkylation sites (tertiary alicyclic amines) is 2. The number of carbonyl (C=O) groups is 2. The third-order valence-electron chi connectivity index (χ3n) is 9.72. The number of rotatable bonds is 11. The fourth-order valence-corrected chi connectivity index (χ4v) is 6.09. The van der Waals surface area contributed by atoms with E-state index in [1.54, 1.807) is 0 Å². The summed E-state index contributed by atoms with van der Waals surface area (Å²) in [5.74, 6) is -0.132. The van der Waals surface area contributed by atoms with E-state index in [9.17, 15) is 9.59 Å². The molecule has 210 valence electrons. The predicted molar refractivity (Wildman–Crippen MR) is 147 cm³/mol. The Labute approximate surface area is 221 Å². The van der Waals surface area contributed by atoms with E-state index in [4.69, 9.17) is 9.47 Å². The van der Waals surface area contributed by atoms with Crippen molar-refractivity contribution >= 4 is 11.9 Å². The van der Waals surface area contributed by atoms with Crippen LogP contribution in [0.15, 0.2) is 0 Å². The van der Waals surface area contributed by atoms with Gasteiger partial charge in [0.2, 0.25) is 0 Å². The lowest BCUT2D eigenvalue weighted by Gasteiger charge is -2.54. The molecule has 0 saturated carbocycles. The van der Waals surface area contributed by atoms with Gasteiger partial charge >= 0.3 is 11.9 Å². The molecule has 0 aliphatic carbocycles. The number of piperidine rings is 2. The molecule has 0 aromatic heterocycles. The third-order valence-corrected chi connectivity index (χ3v) is 9.72. The molecule has 0 N–H and O–H groups in total. The fraction of sp³-hybridized carbons (Fsp3) is 0.933. The van der Waals surface area contributed by atoms with Gasteiger partial charge in [0, 0.05) is 23.9 Å². The molecule has 0 spiro atoms. The molecular formula is C30H56N2O4. The SMILES string of the molecule is CN1C(C)(C)CCC(OC(=O)CCCCCCCCC(=O)OC2CCC(C)(C)N(C)C2(C)C)C1(C)C. The van der Waals surface area contributed by atoms with E-state index in [0.717, 1.165) is 64.2 Å². The quantitative estimate of drug-likeness (QED) is 0.235. The molecule has 0 amide bonds. The van der Waals surface area contributed by atoms with Gasteiger partial charge in [-0.25, -0.2) is 0 Å². The first-order chi connectivity index (χ1) is 16.5. The highest BCUT2D eigenvalue weighted by Crippen LogP contribution is 2.39. The van der Waals surface area contributed by atoms with Crippen LogP contribution >= 0.6 is 0 Å². The van der Waals surface area contributed by atoms with Crippen molar-refractivity contribution in [3.8, 4) is 0 Å². The van der Waals surface area contributed by atoms with Gasteiger partial charge in [-0.05, 0) is 108 Å². The lowest BCUT2D eigenvalue weighted by atomic mass is 9.78. The maximum atomic E-state index is 12.4. The van der Waals surface area contributed by atoms with Crippen molar-refractivity contribution in [1.29, 1.82) is 0 Å². The zero-order chi connectivity index (χ0) is 27.4. The summed E-state index contributed by atoms with van der Waals surface area (Å²) in [6, 6.07) is 0. The number of hydrogen-bond donors (Lipinski definition) is 0. The number of ether oxygens (including phenoxy) is 2. The van der Waals surface area contributed by atoms with E-state index < -0.39 is 0 Å². The van der Waals surface area contributed by atoms with Crippen LogP contribution in [0, 0.1) is 0 Å². The Balaban J connectivity index is 1.56. The fourth-order valence-electron chi connectivity index (χ4n) is 6.09. The molecule has 36 heavy (non-hydrogen) atoms. The monoisotopic (exact) mass is 508 g/mol. The van der Waals surface area contributed by atoms with Crippen molar-refractivity contribution in [2.45, 2.75) is 167 Å². The van der Waals surface area contributed by atoms with Crippen LogP contribution in [0.3, 0.4) is 0 Å². The molecule has 6 heteroatoms. The van der Waals surface area contributed by atoms with Gasteiger partial charge in [-0.1, -0.05) is 25.7 Å². The van der Waals surface area contributed by atoms with Gasteiger partial charge in [-0.2, -0.15) is 0 Å². The lowest BCUT2D eigenvalue weighted by molar-refractivity contribution is -0.168. The molecule has 2 heterocycles. The molecule has 2 rings (SSSR count). The van der Waals surface area contributed by atoms with Gasteiger partial charge < -0.3 is 9.47 Å². The highest BCUT2D eigenvalue weighted by Gasteiger charge is 2.47. The van der Waals surface area contributed by atoms with Crippen LogP contribution in [0.2, 0.25) is 0 Å². The average molecular weight is 509 g/mol. The Morgan fingerprint density at radius 2 is 0.917 bits per heavy atom. The van der Waals surface area contributed by atoms with Crippen LogP contribution in [-0.2, 0) is 19.1 Å². The topological polar surface area (TPSA) is 59.1 Å². The minimum absolute atomic E-state index is 0.0474. The first kappa shape index (κ1) is 31.1. The summed E-state index contributed by atoms with van der Waals surface area (Å²) in [7, 11) is 4.27. The summed E-state index contributed by atoms with van der Waals surface area (Å²) in [5, 5.41) is 0. The number of esters is 2. The lowest BCUT2D eigenvalue weighted by Crippen LogP contribution is -2.63. The minimum Gasteiger partial charge on any atom is -0.460 e. The van der Waals surface area contributed by atoms with Gasteiger partial charge in [0.1, 0.15) is 12.2 Å². The largest absolute Gasteiger partial charge is 0.460 e. The number of carbonyl (C=O) groups excluding carboxylic acids is 2. The van der Waals surface area contributed by atoms with E-state index in [-0.39, 0.29) is 46.3 Å². The van der Waals surface area contributed by atoms with Crippen molar-refractivity contribution in [2.24, 2.45) is 0 Å². The third kappa shape index (κ3) is 7.69. The van der Waals surface area contributed by atoms with Gasteiger partial charge in [-0.3, -0.25) is 19.4 Å². The molecule has 2 atom stereocenters. The number of hydrogen-bond acceptors (Lipinski definition) is 6. The van der Waals surface area contributed by atoms with E-state index in [1.165, 1.54) is 0 Å². The number of likely N-dealkylation sites (N-methyl/N-ethyl adjacent to an activating group) is 2.